The van der Waals surface area contributed by atoms with Gasteiger partial charge in [0.25, 0.3) is 0 Å². The van der Waals surface area contributed by atoms with E-state index in [-0.39, 0.29) is 0 Å². The highest BCUT2D eigenvalue weighted by Gasteiger charge is 2.25. The molecule has 1 aromatic rings. The van der Waals surface area contributed by atoms with E-state index in [2.05, 4.69) is 40.1 Å². The fraction of sp³-hybridized carbons (Fsp3) is 0.556. The van der Waals surface area contributed by atoms with Crippen molar-refractivity contribution in [1.29, 1.82) is 0 Å². The minimum atomic E-state index is -1.82. The maximum absolute atomic E-state index is 9.10. The van der Waals surface area contributed by atoms with E-state index >= 15 is 0 Å². The highest BCUT2D eigenvalue weighted by atomic mass is 16.5. The number of likely N-dealkylation sites (tertiary alicyclic amines) is 1. The van der Waals surface area contributed by atoms with Crippen molar-refractivity contribution in [3.63, 3.8) is 0 Å². The Morgan fingerprint density at radius 3 is 2.04 bits per heavy atom. The Morgan fingerprint density at radius 2 is 1.52 bits per heavy atom. The van der Waals surface area contributed by atoms with Gasteiger partial charge in [-0.2, -0.15) is 0 Å². The van der Waals surface area contributed by atoms with E-state index in [9.17, 15) is 0 Å². The molecule has 2 aliphatic heterocycles. The van der Waals surface area contributed by atoms with Gasteiger partial charge in [0.1, 0.15) is 0 Å². The number of hydrogen-bond acceptors (Lipinski definition) is 5. The molecular weight excluding hydrogens is 324 g/mol. The zero-order chi connectivity index (χ0) is 18.1. The highest BCUT2D eigenvalue weighted by molar-refractivity contribution is 6.27. The summed E-state index contributed by atoms with van der Waals surface area (Å²) in [6, 6.07) is 11.6. The van der Waals surface area contributed by atoms with Crippen LogP contribution in [-0.2, 0) is 20.9 Å². The lowest BCUT2D eigenvalue weighted by Gasteiger charge is -2.40. The molecule has 2 fully saturated rings. The highest BCUT2D eigenvalue weighted by Crippen LogP contribution is 2.19. The third-order valence-electron chi connectivity index (χ3n) is 4.55. The number of hydrogen-bond donors (Lipinski definition) is 2. The van der Waals surface area contributed by atoms with Gasteiger partial charge in [0.2, 0.25) is 0 Å². The molecule has 0 amide bonds. The van der Waals surface area contributed by atoms with Crippen molar-refractivity contribution < 1.29 is 24.5 Å². The van der Waals surface area contributed by atoms with Crippen LogP contribution < -0.4 is 0 Å². The molecule has 2 aliphatic rings. The average molecular weight is 350 g/mol. The number of carboxylic acid groups (broad SMARTS) is 2. The van der Waals surface area contributed by atoms with Gasteiger partial charge in [-0.15, -0.1) is 0 Å². The van der Waals surface area contributed by atoms with E-state index in [0.717, 1.165) is 38.9 Å². The number of carboxylic acids is 2. The molecule has 2 N–H and O–H groups in total. The first-order valence-corrected chi connectivity index (χ1v) is 8.60. The van der Waals surface area contributed by atoms with Gasteiger partial charge in [0.15, 0.2) is 0 Å². The predicted octanol–water partition coefficient (Wildman–Crippen LogP) is 1.14. The smallest absolute Gasteiger partial charge is 0.414 e. The first kappa shape index (κ1) is 19.4. The maximum Gasteiger partial charge on any atom is 0.414 e. The molecule has 2 saturated heterocycles. The number of aliphatic carboxylic acids is 2. The van der Waals surface area contributed by atoms with Crippen LogP contribution in [0.3, 0.4) is 0 Å². The molecule has 0 aliphatic carbocycles. The van der Waals surface area contributed by atoms with Crippen LogP contribution in [0.25, 0.3) is 0 Å². The van der Waals surface area contributed by atoms with Gasteiger partial charge >= 0.3 is 11.9 Å². The van der Waals surface area contributed by atoms with Crippen LogP contribution in [0.5, 0.6) is 0 Å². The van der Waals surface area contributed by atoms with Crippen molar-refractivity contribution in [1.82, 2.24) is 9.80 Å². The number of nitrogens with zero attached hydrogens (tertiary/aromatic N) is 2. The number of carbonyl (C=O) groups is 2. The van der Waals surface area contributed by atoms with Gasteiger partial charge in [-0.1, -0.05) is 30.3 Å². The molecule has 0 saturated carbocycles. The van der Waals surface area contributed by atoms with Gasteiger partial charge in [0, 0.05) is 25.7 Å². The molecule has 1 aromatic carbocycles. The number of ether oxygens (including phenoxy) is 1. The Kier molecular flexibility index (Phi) is 7.84. The Hall–Kier alpha value is -1.96. The molecule has 0 bridgehead atoms. The second kappa shape index (κ2) is 10.1. The standard InChI is InChI=1S/C16H24N2O.C2H2O4/c1-2-4-15(5-3-1)14-17-8-6-16(7-9-17)18-10-12-19-13-11-18;3-1(4)2(5)6/h1-5,16H,6-14H2;(H,3,4)(H,5,6). The normalized spacial score (nSPS) is 19.7. The predicted molar refractivity (Wildman–Crippen MR) is 92.4 cm³/mol. The van der Waals surface area contributed by atoms with E-state index in [0.29, 0.717) is 0 Å². The largest absolute Gasteiger partial charge is 0.473 e. The van der Waals surface area contributed by atoms with Crippen LogP contribution >= 0.6 is 0 Å². The van der Waals surface area contributed by atoms with Crippen LogP contribution in [0.15, 0.2) is 30.3 Å². The molecular formula is C18H26N2O5. The SMILES string of the molecule is O=C(O)C(=O)O.c1ccc(CN2CCC(N3CCOCC3)CC2)cc1. The summed E-state index contributed by atoms with van der Waals surface area (Å²) in [5.74, 6) is -3.65. The van der Waals surface area contributed by atoms with Crippen LogP contribution in [0, 0.1) is 0 Å². The molecule has 0 unspecified atom stereocenters. The number of morpholine rings is 1. The Morgan fingerprint density at radius 1 is 0.960 bits per heavy atom. The lowest BCUT2D eigenvalue weighted by Crippen LogP contribution is -2.48. The summed E-state index contributed by atoms with van der Waals surface area (Å²) in [5, 5.41) is 14.8. The summed E-state index contributed by atoms with van der Waals surface area (Å²) in [7, 11) is 0. The van der Waals surface area contributed by atoms with Gasteiger partial charge < -0.3 is 14.9 Å². The van der Waals surface area contributed by atoms with Crippen molar-refractivity contribution in [3.05, 3.63) is 35.9 Å². The first-order valence-electron chi connectivity index (χ1n) is 8.60. The lowest BCUT2D eigenvalue weighted by atomic mass is 10.0. The van der Waals surface area contributed by atoms with Crippen LogP contribution in [-0.4, -0.2) is 77.4 Å². The number of benzene rings is 1. The molecule has 25 heavy (non-hydrogen) atoms. The fourth-order valence-electron chi connectivity index (χ4n) is 3.23. The quantitative estimate of drug-likeness (QED) is 0.790. The van der Waals surface area contributed by atoms with Crippen LogP contribution in [0.2, 0.25) is 0 Å². The molecule has 7 nitrogen and oxygen atoms in total. The minimum absolute atomic E-state index is 0.788. The zero-order valence-corrected chi connectivity index (χ0v) is 14.3. The Labute approximate surface area is 147 Å². The van der Waals surface area contributed by atoms with Gasteiger partial charge in [-0.3, -0.25) is 9.80 Å². The molecule has 0 radical (unpaired) electrons. The van der Waals surface area contributed by atoms with E-state index < -0.39 is 11.9 Å². The molecule has 138 valence electrons. The van der Waals surface area contributed by atoms with E-state index in [4.69, 9.17) is 24.5 Å². The summed E-state index contributed by atoms with van der Waals surface area (Å²) >= 11 is 0. The van der Waals surface area contributed by atoms with Gasteiger partial charge in [-0.25, -0.2) is 9.59 Å². The fourth-order valence-corrected chi connectivity index (χ4v) is 3.23. The van der Waals surface area contributed by atoms with Crippen molar-refractivity contribution in [2.75, 3.05) is 39.4 Å². The third kappa shape index (κ3) is 6.81. The van der Waals surface area contributed by atoms with E-state index in [1.165, 1.54) is 31.5 Å². The van der Waals surface area contributed by atoms with Gasteiger partial charge in [0.05, 0.1) is 13.2 Å². The molecule has 0 spiro atoms. The van der Waals surface area contributed by atoms with E-state index in [1.54, 1.807) is 0 Å². The van der Waals surface area contributed by atoms with Crippen molar-refractivity contribution in [2.24, 2.45) is 0 Å². The summed E-state index contributed by atoms with van der Waals surface area (Å²) in [4.78, 5) is 23.4. The summed E-state index contributed by atoms with van der Waals surface area (Å²) in [6.45, 7) is 7.67. The third-order valence-corrected chi connectivity index (χ3v) is 4.55. The monoisotopic (exact) mass is 350 g/mol. The Bertz CT molecular complexity index is 526. The molecule has 2 heterocycles. The molecule has 7 heteroatoms. The van der Waals surface area contributed by atoms with Crippen molar-refractivity contribution >= 4 is 11.9 Å². The van der Waals surface area contributed by atoms with Crippen molar-refractivity contribution in [2.45, 2.75) is 25.4 Å². The Balaban J connectivity index is 0.000000326. The molecule has 3 rings (SSSR count). The van der Waals surface area contributed by atoms with Crippen LogP contribution in [0.4, 0.5) is 0 Å². The lowest BCUT2D eigenvalue weighted by molar-refractivity contribution is -0.159. The summed E-state index contributed by atoms with van der Waals surface area (Å²) in [5.41, 5.74) is 1.44. The average Bonchev–Trinajstić information content (AvgIpc) is 2.64. The van der Waals surface area contributed by atoms with Gasteiger partial charge in [-0.05, 0) is 31.5 Å². The summed E-state index contributed by atoms with van der Waals surface area (Å²) in [6.07, 6.45) is 2.62. The topological polar surface area (TPSA) is 90.3 Å². The maximum atomic E-state index is 9.10. The number of rotatable bonds is 3. The first-order chi connectivity index (χ1) is 12.1. The number of piperidine rings is 1. The zero-order valence-electron chi connectivity index (χ0n) is 14.3. The molecule has 0 atom stereocenters. The minimum Gasteiger partial charge on any atom is -0.473 e. The summed E-state index contributed by atoms with van der Waals surface area (Å²) < 4.78 is 5.44. The van der Waals surface area contributed by atoms with E-state index in [1.807, 2.05) is 0 Å². The van der Waals surface area contributed by atoms with Crippen molar-refractivity contribution in [3.8, 4) is 0 Å². The molecule has 0 aromatic heterocycles. The second-order valence-corrected chi connectivity index (χ2v) is 6.25. The second-order valence-electron chi connectivity index (χ2n) is 6.25. The van der Waals surface area contributed by atoms with Crippen LogP contribution in [0.1, 0.15) is 18.4 Å².